The van der Waals surface area contributed by atoms with Gasteiger partial charge in [-0.15, -0.1) is 0 Å². The normalized spacial score (nSPS) is 18.4. The van der Waals surface area contributed by atoms with Crippen LogP contribution in [0.5, 0.6) is 0 Å². The second kappa shape index (κ2) is 9.96. The first kappa shape index (κ1) is 20.7. The van der Waals surface area contributed by atoms with E-state index in [1.54, 1.807) is 18.0 Å². The minimum atomic E-state index is -0.0287. The van der Waals surface area contributed by atoms with E-state index < -0.39 is 0 Å². The van der Waals surface area contributed by atoms with Gasteiger partial charge in [0.25, 0.3) is 5.91 Å². The Morgan fingerprint density at radius 2 is 2.00 bits per heavy atom. The predicted octanol–water partition coefficient (Wildman–Crippen LogP) is 4.58. The number of imidazole rings is 1. The summed E-state index contributed by atoms with van der Waals surface area (Å²) in [4.78, 5) is 17.2. The van der Waals surface area contributed by atoms with Crippen molar-refractivity contribution in [2.45, 2.75) is 48.9 Å². The maximum Gasteiger partial charge on any atom is 0.251 e. The molecule has 1 amide bonds. The maximum absolute atomic E-state index is 12.9. The highest BCUT2D eigenvalue weighted by Crippen LogP contribution is 2.24. The molecule has 3 aromatic rings. The lowest BCUT2D eigenvalue weighted by molar-refractivity contribution is 0.0272. The molecule has 1 heterocycles. The monoisotopic (exact) mass is 421 g/mol. The standard InChI is InChI=1S/C24H27N3O2S/c1-27-14-13-25-24(27)30-17-19-9-5-10-20(15-19)23(28)26-21-11-6-12-22(21)29-16-18-7-3-2-4-8-18/h2-5,7-10,13-15,21-22H,6,11-12,16-17H2,1H3,(H,26,28)/t21-,22+/m0/s1. The first-order chi connectivity index (χ1) is 14.7. The molecule has 1 fully saturated rings. The van der Waals surface area contributed by atoms with Crippen molar-refractivity contribution in [3.63, 3.8) is 0 Å². The number of thioether (sulfide) groups is 1. The Morgan fingerprint density at radius 3 is 2.80 bits per heavy atom. The summed E-state index contributed by atoms with van der Waals surface area (Å²) in [5.41, 5.74) is 2.97. The average molecular weight is 422 g/mol. The molecule has 156 valence electrons. The molecule has 1 N–H and O–H groups in total. The van der Waals surface area contributed by atoms with Gasteiger partial charge in [-0.05, 0) is 42.5 Å². The minimum Gasteiger partial charge on any atom is -0.371 e. The van der Waals surface area contributed by atoms with Crippen LogP contribution in [-0.2, 0) is 24.1 Å². The number of nitrogens with one attached hydrogen (secondary N) is 1. The third-order valence-corrected chi connectivity index (χ3v) is 6.54. The molecule has 0 radical (unpaired) electrons. The molecule has 6 heteroatoms. The lowest BCUT2D eigenvalue weighted by Crippen LogP contribution is -2.41. The highest BCUT2D eigenvalue weighted by molar-refractivity contribution is 7.98. The molecule has 0 bridgehead atoms. The number of aromatic nitrogens is 2. The number of carbonyl (C=O) groups is 1. The number of aryl methyl sites for hydroxylation is 1. The lowest BCUT2D eigenvalue weighted by Gasteiger charge is -2.22. The van der Waals surface area contributed by atoms with Crippen molar-refractivity contribution >= 4 is 17.7 Å². The Kier molecular flexibility index (Phi) is 6.87. The van der Waals surface area contributed by atoms with Gasteiger partial charge in [0.2, 0.25) is 0 Å². The smallest absolute Gasteiger partial charge is 0.251 e. The van der Waals surface area contributed by atoms with Crippen LogP contribution in [0.1, 0.15) is 40.7 Å². The quantitative estimate of drug-likeness (QED) is 0.541. The van der Waals surface area contributed by atoms with Crippen LogP contribution >= 0.6 is 11.8 Å². The molecule has 5 nitrogen and oxygen atoms in total. The fraction of sp³-hybridized carbons (Fsp3) is 0.333. The molecular weight excluding hydrogens is 394 g/mol. The van der Waals surface area contributed by atoms with Crippen molar-refractivity contribution in [3.8, 4) is 0 Å². The zero-order valence-electron chi connectivity index (χ0n) is 17.2. The molecule has 0 aliphatic heterocycles. The third-order valence-electron chi connectivity index (χ3n) is 5.41. The van der Waals surface area contributed by atoms with Gasteiger partial charge in [0.15, 0.2) is 5.16 Å². The minimum absolute atomic E-state index is 0.0287. The van der Waals surface area contributed by atoms with Crippen LogP contribution in [0.4, 0.5) is 0 Å². The van der Waals surface area contributed by atoms with E-state index in [1.807, 2.05) is 60.3 Å². The SMILES string of the molecule is Cn1ccnc1SCc1cccc(C(=O)N[C@H]2CCC[C@H]2OCc2ccccc2)c1. The number of hydrogen-bond acceptors (Lipinski definition) is 4. The zero-order valence-corrected chi connectivity index (χ0v) is 18.0. The molecule has 1 aliphatic carbocycles. The summed E-state index contributed by atoms with van der Waals surface area (Å²) in [6.45, 7) is 0.581. The van der Waals surface area contributed by atoms with Crippen LogP contribution in [-0.4, -0.2) is 27.6 Å². The highest BCUT2D eigenvalue weighted by atomic mass is 32.2. The zero-order chi connectivity index (χ0) is 20.8. The van der Waals surface area contributed by atoms with Crippen molar-refractivity contribution < 1.29 is 9.53 Å². The van der Waals surface area contributed by atoms with Crippen molar-refractivity contribution in [1.29, 1.82) is 0 Å². The van der Waals surface area contributed by atoms with E-state index in [2.05, 4.69) is 22.4 Å². The van der Waals surface area contributed by atoms with Crippen LogP contribution in [0, 0.1) is 0 Å². The molecular formula is C24H27N3O2S. The molecule has 2 aromatic carbocycles. The fourth-order valence-electron chi connectivity index (χ4n) is 3.76. The Hall–Kier alpha value is -2.57. The molecule has 30 heavy (non-hydrogen) atoms. The van der Waals surface area contributed by atoms with Gasteiger partial charge in [-0.1, -0.05) is 54.2 Å². The molecule has 1 aromatic heterocycles. The number of nitrogens with zero attached hydrogens (tertiary/aromatic N) is 2. The highest BCUT2D eigenvalue weighted by Gasteiger charge is 2.29. The molecule has 2 atom stereocenters. The Morgan fingerprint density at radius 1 is 1.17 bits per heavy atom. The van der Waals surface area contributed by atoms with E-state index >= 15 is 0 Å². The maximum atomic E-state index is 12.9. The van der Waals surface area contributed by atoms with E-state index in [4.69, 9.17) is 4.74 Å². The number of carbonyl (C=O) groups excluding carboxylic acids is 1. The molecule has 4 rings (SSSR count). The van der Waals surface area contributed by atoms with Gasteiger partial charge in [-0.2, -0.15) is 0 Å². The largest absolute Gasteiger partial charge is 0.371 e. The summed E-state index contributed by atoms with van der Waals surface area (Å²) in [6, 6.07) is 18.1. The number of benzene rings is 2. The summed E-state index contributed by atoms with van der Waals surface area (Å²) in [6.07, 6.45) is 6.81. The second-order valence-corrected chi connectivity index (χ2v) is 8.60. The van der Waals surface area contributed by atoms with Gasteiger partial charge in [-0.25, -0.2) is 4.98 Å². The van der Waals surface area contributed by atoms with Gasteiger partial charge in [-0.3, -0.25) is 4.79 Å². The Labute approximate surface area is 181 Å². The van der Waals surface area contributed by atoms with Crippen LogP contribution in [0.3, 0.4) is 0 Å². The Bertz CT molecular complexity index is 973. The van der Waals surface area contributed by atoms with Gasteiger partial charge in [0.05, 0.1) is 18.8 Å². The summed E-state index contributed by atoms with van der Waals surface area (Å²) in [7, 11) is 1.98. The second-order valence-electron chi connectivity index (χ2n) is 7.66. The lowest BCUT2D eigenvalue weighted by atomic mass is 10.1. The van der Waals surface area contributed by atoms with Crippen molar-refractivity contribution in [1.82, 2.24) is 14.9 Å². The van der Waals surface area contributed by atoms with E-state index in [1.165, 1.54) is 0 Å². The Balaban J connectivity index is 1.33. The topological polar surface area (TPSA) is 56.2 Å². The van der Waals surface area contributed by atoms with E-state index in [0.717, 1.165) is 41.3 Å². The summed E-state index contributed by atoms with van der Waals surface area (Å²) in [5, 5.41) is 4.17. The summed E-state index contributed by atoms with van der Waals surface area (Å²) in [5.74, 6) is 0.747. The van der Waals surface area contributed by atoms with Gasteiger partial charge < -0.3 is 14.6 Å². The van der Waals surface area contributed by atoms with Crippen LogP contribution in [0.25, 0.3) is 0 Å². The third kappa shape index (κ3) is 5.32. The first-order valence-electron chi connectivity index (χ1n) is 10.3. The summed E-state index contributed by atoms with van der Waals surface area (Å²) < 4.78 is 8.12. The predicted molar refractivity (Wildman–Crippen MR) is 119 cm³/mol. The molecule has 0 spiro atoms. The van der Waals surface area contributed by atoms with Crippen molar-refractivity contribution in [2.75, 3.05) is 0 Å². The van der Waals surface area contributed by atoms with Crippen molar-refractivity contribution in [3.05, 3.63) is 83.7 Å². The molecule has 1 saturated carbocycles. The van der Waals surface area contributed by atoms with E-state index in [9.17, 15) is 4.79 Å². The van der Waals surface area contributed by atoms with E-state index in [-0.39, 0.29) is 18.1 Å². The first-order valence-corrected chi connectivity index (χ1v) is 11.3. The summed E-state index contributed by atoms with van der Waals surface area (Å²) >= 11 is 1.67. The van der Waals surface area contributed by atoms with Crippen LogP contribution < -0.4 is 5.32 Å². The number of hydrogen-bond donors (Lipinski definition) is 1. The number of rotatable bonds is 8. The molecule has 1 aliphatic rings. The van der Waals surface area contributed by atoms with Crippen molar-refractivity contribution in [2.24, 2.45) is 7.05 Å². The average Bonchev–Trinajstić information content (AvgIpc) is 3.40. The molecule has 0 saturated heterocycles. The number of amides is 1. The fourth-order valence-corrected chi connectivity index (χ4v) is 4.64. The van der Waals surface area contributed by atoms with Crippen LogP contribution in [0.15, 0.2) is 72.1 Å². The van der Waals surface area contributed by atoms with E-state index in [0.29, 0.717) is 12.2 Å². The number of ether oxygens (including phenoxy) is 1. The van der Waals surface area contributed by atoms with Gasteiger partial charge in [0, 0.05) is 30.8 Å². The van der Waals surface area contributed by atoms with Crippen LogP contribution in [0.2, 0.25) is 0 Å². The van der Waals surface area contributed by atoms with Gasteiger partial charge in [0.1, 0.15) is 0 Å². The van der Waals surface area contributed by atoms with Gasteiger partial charge >= 0.3 is 0 Å². The molecule has 0 unspecified atom stereocenters.